The zero-order valence-electron chi connectivity index (χ0n) is 22.0. The Balaban J connectivity index is 1.35. The van der Waals surface area contributed by atoms with E-state index in [1.165, 1.54) is 24.3 Å². The maximum atomic E-state index is 13.3. The van der Waals surface area contributed by atoms with Crippen LogP contribution < -0.4 is 10.6 Å². The molecule has 2 heterocycles. The Kier molecular flexibility index (Phi) is 8.28. The van der Waals surface area contributed by atoms with E-state index in [1.807, 2.05) is 0 Å². The minimum absolute atomic E-state index is 0.0464. The van der Waals surface area contributed by atoms with Gasteiger partial charge in [0.15, 0.2) is 0 Å². The van der Waals surface area contributed by atoms with E-state index >= 15 is 0 Å². The summed E-state index contributed by atoms with van der Waals surface area (Å²) in [4.78, 5) is 22.1. The van der Waals surface area contributed by atoms with Crippen LogP contribution in [0.4, 0.5) is 23.5 Å². The number of carbonyl (C=O) groups is 1. The Morgan fingerprint density at radius 3 is 2.29 bits per heavy atom. The fourth-order valence-corrected chi connectivity index (χ4v) is 6.87. The summed E-state index contributed by atoms with van der Waals surface area (Å²) in [5.41, 5.74) is 0.480. The molecule has 2 fully saturated rings. The monoisotopic (exact) mass is 591 g/mol. The summed E-state index contributed by atoms with van der Waals surface area (Å²) in [6.07, 6.45) is 0.365. The molecule has 41 heavy (non-hydrogen) atoms. The zero-order valence-corrected chi connectivity index (χ0v) is 22.8. The molecule has 1 unspecified atom stereocenters. The number of hydrogen-bond acceptors (Lipinski definition) is 6. The first-order valence-corrected chi connectivity index (χ1v) is 14.8. The molecule has 0 bridgehead atoms. The fraction of sp³-hybridized carbons (Fsp3) is 0.393. The molecule has 1 amide bonds. The largest absolute Gasteiger partial charge is 0.416 e. The highest BCUT2D eigenvalue weighted by atomic mass is 32.2. The van der Waals surface area contributed by atoms with E-state index in [0.29, 0.717) is 35.7 Å². The predicted octanol–water partition coefficient (Wildman–Crippen LogP) is 5.13. The molecule has 2 N–H and O–H groups in total. The SMILES string of the molecule is O=C(NCc1cc(-c2ccc(C(F)(F)F)cc2)nc(NC2CCCC2)n1)C1CCCN1S(=O)(=O)c1ccc(F)cc1. The average molecular weight is 592 g/mol. The van der Waals surface area contributed by atoms with Crippen molar-refractivity contribution >= 4 is 21.9 Å². The Bertz CT molecular complexity index is 1490. The second kappa shape index (κ2) is 11.7. The third kappa shape index (κ3) is 6.67. The maximum Gasteiger partial charge on any atom is 0.416 e. The first kappa shape index (κ1) is 28.9. The van der Waals surface area contributed by atoms with E-state index in [0.717, 1.165) is 54.3 Å². The Labute approximate surface area is 235 Å². The normalized spacial score (nSPS) is 18.5. The third-order valence-electron chi connectivity index (χ3n) is 7.35. The Morgan fingerprint density at radius 2 is 1.63 bits per heavy atom. The molecule has 2 aromatic carbocycles. The number of amides is 1. The second-order valence-corrected chi connectivity index (χ2v) is 12.1. The zero-order chi connectivity index (χ0) is 29.2. The van der Waals surface area contributed by atoms with Crippen molar-refractivity contribution < 1.29 is 30.8 Å². The van der Waals surface area contributed by atoms with Crippen LogP contribution in [-0.4, -0.2) is 47.2 Å². The van der Waals surface area contributed by atoms with E-state index in [-0.39, 0.29) is 24.0 Å². The van der Waals surface area contributed by atoms with Crippen LogP contribution in [0.3, 0.4) is 0 Å². The number of rotatable bonds is 8. The van der Waals surface area contributed by atoms with Crippen molar-refractivity contribution in [3.8, 4) is 11.3 Å². The van der Waals surface area contributed by atoms with E-state index in [4.69, 9.17) is 0 Å². The standard InChI is InChI=1S/C28H29F4N5O3S/c29-20-11-13-23(14-12-20)41(39,40)37-15-3-6-25(37)26(38)33-17-22-16-24(18-7-9-19(10-8-18)28(30,31)32)36-27(35-22)34-21-4-1-2-5-21/h7-14,16,21,25H,1-6,15,17H2,(H,33,38)(H,34,35,36). The van der Waals surface area contributed by atoms with Crippen molar-refractivity contribution in [1.29, 1.82) is 0 Å². The van der Waals surface area contributed by atoms with Gasteiger partial charge in [-0.1, -0.05) is 25.0 Å². The van der Waals surface area contributed by atoms with Crippen LogP contribution in [0.25, 0.3) is 11.3 Å². The molecule has 1 aromatic heterocycles. The van der Waals surface area contributed by atoms with Gasteiger partial charge in [0.25, 0.3) is 0 Å². The number of hydrogen-bond donors (Lipinski definition) is 2. The first-order chi connectivity index (χ1) is 19.5. The minimum Gasteiger partial charge on any atom is -0.351 e. The van der Waals surface area contributed by atoms with E-state index in [1.54, 1.807) is 6.07 Å². The molecular weight excluding hydrogens is 562 g/mol. The van der Waals surface area contributed by atoms with Crippen LogP contribution in [0.1, 0.15) is 49.8 Å². The molecular formula is C28H29F4N5O3S. The summed E-state index contributed by atoms with van der Waals surface area (Å²) in [6.45, 7) is 0.105. The summed E-state index contributed by atoms with van der Waals surface area (Å²) in [5, 5.41) is 6.05. The third-order valence-corrected chi connectivity index (χ3v) is 9.27. The van der Waals surface area contributed by atoms with Crippen molar-refractivity contribution in [3.63, 3.8) is 0 Å². The van der Waals surface area contributed by atoms with Gasteiger partial charge in [0, 0.05) is 18.2 Å². The number of nitrogens with one attached hydrogen (secondary N) is 2. The lowest BCUT2D eigenvalue weighted by atomic mass is 10.1. The number of nitrogens with zero attached hydrogens (tertiary/aromatic N) is 3. The smallest absolute Gasteiger partial charge is 0.351 e. The first-order valence-electron chi connectivity index (χ1n) is 13.4. The molecule has 13 heteroatoms. The van der Waals surface area contributed by atoms with Crippen molar-refractivity contribution in [2.45, 2.75) is 68.2 Å². The number of aromatic nitrogens is 2. The molecule has 3 aromatic rings. The molecule has 2 aliphatic rings. The van der Waals surface area contributed by atoms with Gasteiger partial charge in [-0.15, -0.1) is 0 Å². The molecule has 218 valence electrons. The van der Waals surface area contributed by atoms with Crippen molar-refractivity contribution in [3.05, 3.63) is 71.7 Å². The molecule has 1 aliphatic heterocycles. The van der Waals surface area contributed by atoms with Crippen LogP contribution >= 0.6 is 0 Å². The van der Waals surface area contributed by atoms with E-state index < -0.39 is 39.5 Å². The van der Waals surface area contributed by atoms with Crippen LogP contribution in [0.5, 0.6) is 0 Å². The number of anilines is 1. The van der Waals surface area contributed by atoms with Crippen LogP contribution in [-0.2, 0) is 27.5 Å². The lowest BCUT2D eigenvalue weighted by Gasteiger charge is -2.23. The summed E-state index contributed by atoms with van der Waals surface area (Å²) >= 11 is 0. The predicted molar refractivity (Wildman–Crippen MR) is 144 cm³/mol. The summed E-state index contributed by atoms with van der Waals surface area (Å²) in [5.74, 6) is -0.768. The van der Waals surface area contributed by atoms with Gasteiger partial charge in [0.05, 0.1) is 28.4 Å². The Morgan fingerprint density at radius 1 is 0.951 bits per heavy atom. The fourth-order valence-electron chi connectivity index (χ4n) is 5.21. The summed E-state index contributed by atoms with van der Waals surface area (Å²) < 4.78 is 80.0. The average Bonchev–Trinajstić information content (AvgIpc) is 3.65. The van der Waals surface area contributed by atoms with Crippen molar-refractivity contribution in [2.24, 2.45) is 0 Å². The lowest BCUT2D eigenvalue weighted by molar-refractivity contribution is -0.137. The van der Waals surface area contributed by atoms with Gasteiger partial charge in [0.2, 0.25) is 21.9 Å². The number of benzene rings is 2. The molecule has 0 radical (unpaired) electrons. The Hall–Kier alpha value is -3.58. The maximum absolute atomic E-state index is 13.3. The van der Waals surface area contributed by atoms with Crippen molar-refractivity contribution in [2.75, 3.05) is 11.9 Å². The van der Waals surface area contributed by atoms with Gasteiger partial charge in [-0.2, -0.15) is 17.5 Å². The van der Waals surface area contributed by atoms with E-state index in [9.17, 15) is 30.8 Å². The highest BCUT2D eigenvalue weighted by Crippen LogP contribution is 2.31. The quantitative estimate of drug-likeness (QED) is 0.352. The molecule has 1 saturated carbocycles. The summed E-state index contributed by atoms with van der Waals surface area (Å²) in [7, 11) is -4.02. The number of halogens is 4. The molecule has 0 spiro atoms. The molecule has 8 nitrogen and oxygen atoms in total. The minimum atomic E-state index is -4.47. The van der Waals surface area contributed by atoms with Gasteiger partial charge in [-0.05, 0) is 68.1 Å². The molecule has 1 aliphatic carbocycles. The number of sulfonamides is 1. The molecule has 5 rings (SSSR count). The molecule has 1 saturated heterocycles. The van der Waals surface area contributed by atoms with Crippen LogP contribution in [0.2, 0.25) is 0 Å². The van der Waals surface area contributed by atoms with Gasteiger partial charge in [0.1, 0.15) is 11.9 Å². The van der Waals surface area contributed by atoms with Crippen molar-refractivity contribution in [1.82, 2.24) is 19.6 Å². The lowest BCUT2D eigenvalue weighted by Crippen LogP contribution is -2.45. The second-order valence-electron chi connectivity index (χ2n) is 10.2. The van der Waals surface area contributed by atoms with Gasteiger partial charge in [-0.3, -0.25) is 4.79 Å². The van der Waals surface area contributed by atoms with Crippen LogP contribution in [0, 0.1) is 5.82 Å². The summed E-state index contributed by atoms with van der Waals surface area (Å²) in [6, 6.07) is 9.90. The van der Waals surface area contributed by atoms with Crippen LogP contribution in [0.15, 0.2) is 59.5 Å². The van der Waals surface area contributed by atoms with Gasteiger partial charge < -0.3 is 10.6 Å². The van der Waals surface area contributed by atoms with Gasteiger partial charge >= 0.3 is 6.18 Å². The topological polar surface area (TPSA) is 104 Å². The number of carbonyl (C=O) groups excluding carboxylic acids is 1. The van der Waals surface area contributed by atoms with E-state index in [2.05, 4.69) is 20.6 Å². The van der Waals surface area contributed by atoms with Gasteiger partial charge in [-0.25, -0.2) is 22.8 Å². The highest BCUT2D eigenvalue weighted by molar-refractivity contribution is 7.89. The number of alkyl halides is 3. The highest BCUT2D eigenvalue weighted by Gasteiger charge is 2.39. The molecule has 1 atom stereocenters.